The highest BCUT2D eigenvalue weighted by molar-refractivity contribution is 7.89. The molecule has 6 nitrogen and oxygen atoms in total. The van der Waals surface area contributed by atoms with Crippen molar-refractivity contribution in [2.45, 2.75) is 24.0 Å². The van der Waals surface area contributed by atoms with E-state index in [2.05, 4.69) is 10.1 Å². The van der Waals surface area contributed by atoms with Gasteiger partial charge in [-0.15, -0.1) is 12.4 Å². The first-order valence-electron chi connectivity index (χ1n) is 7.11. The van der Waals surface area contributed by atoms with Gasteiger partial charge in [0, 0.05) is 25.7 Å². The molecule has 1 saturated heterocycles. The second-order valence-corrected chi connectivity index (χ2v) is 7.26. The molecule has 0 aromatic heterocycles. The molecule has 1 atom stereocenters. The van der Waals surface area contributed by atoms with Crippen LogP contribution in [0.15, 0.2) is 23.1 Å². The van der Waals surface area contributed by atoms with Crippen LogP contribution in [0.5, 0.6) is 0 Å². The number of methoxy groups -OCH3 is 1. The van der Waals surface area contributed by atoms with Crippen LogP contribution in [0.3, 0.4) is 0 Å². The fourth-order valence-corrected chi connectivity index (χ4v) is 4.18. The quantitative estimate of drug-likeness (QED) is 0.781. The number of esters is 1. The molecule has 0 saturated carbocycles. The lowest BCUT2D eigenvalue weighted by molar-refractivity contribution is -0.138. The molecule has 1 heterocycles. The maximum absolute atomic E-state index is 13.2. The highest BCUT2D eigenvalue weighted by Crippen LogP contribution is 2.34. The van der Waals surface area contributed by atoms with Gasteiger partial charge in [-0.3, -0.25) is 0 Å². The van der Waals surface area contributed by atoms with Crippen molar-refractivity contribution in [1.29, 1.82) is 0 Å². The van der Waals surface area contributed by atoms with Crippen molar-refractivity contribution in [3.63, 3.8) is 0 Å². The van der Waals surface area contributed by atoms with E-state index in [0.717, 1.165) is 23.5 Å². The van der Waals surface area contributed by atoms with Gasteiger partial charge in [-0.2, -0.15) is 17.5 Å². The minimum Gasteiger partial charge on any atom is -0.465 e. The highest BCUT2D eigenvalue weighted by atomic mass is 35.5. The number of hydrogen-bond donors (Lipinski definition) is 1. The smallest absolute Gasteiger partial charge is 0.417 e. The molecule has 0 radical (unpaired) electrons. The number of piperazine rings is 1. The van der Waals surface area contributed by atoms with E-state index in [-0.39, 0.29) is 19.0 Å². The Balaban J connectivity index is 0.00000312. The largest absolute Gasteiger partial charge is 0.465 e. The first kappa shape index (κ1) is 21.7. The molecule has 0 bridgehead atoms. The Morgan fingerprint density at radius 1 is 1.36 bits per heavy atom. The summed E-state index contributed by atoms with van der Waals surface area (Å²) < 4.78 is 70.4. The summed E-state index contributed by atoms with van der Waals surface area (Å²) in [6.07, 6.45) is -4.88. The van der Waals surface area contributed by atoms with Gasteiger partial charge < -0.3 is 10.1 Å². The van der Waals surface area contributed by atoms with Crippen LogP contribution in [0.4, 0.5) is 13.2 Å². The van der Waals surface area contributed by atoms with Gasteiger partial charge in [-0.05, 0) is 25.1 Å². The van der Waals surface area contributed by atoms with E-state index in [0.29, 0.717) is 19.2 Å². The van der Waals surface area contributed by atoms with E-state index < -0.39 is 44.2 Å². The maximum atomic E-state index is 13.2. The fraction of sp³-hybridized carbons (Fsp3) is 0.500. The van der Waals surface area contributed by atoms with E-state index in [1.807, 2.05) is 0 Å². The van der Waals surface area contributed by atoms with E-state index in [1.165, 1.54) is 0 Å². The van der Waals surface area contributed by atoms with Crippen LogP contribution >= 0.6 is 12.4 Å². The average Bonchev–Trinajstić information content (AvgIpc) is 2.53. The van der Waals surface area contributed by atoms with Crippen molar-refractivity contribution in [3.05, 3.63) is 29.3 Å². The maximum Gasteiger partial charge on any atom is 0.417 e. The van der Waals surface area contributed by atoms with Gasteiger partial charge in [0.1, 0.15) is 0 Å². The summed E-state index contributed by atoms with van der Waals surface area (Å²) in [5.41, 5.74) is -2.06. The molecule has 2 rings (SSSR count). The van der Waals surface area contributed by atoms with Crippen molar-refractivity contribution < 1.29 is 31.1 Å². The molecule has 11 heteroatoms. The summed E-state index contributed by atoms with van der Waals surface area (Å²) in [6.45, 7) is 2.64. The van der Waals surface area contributed by atoms with Crippen molar-refractivity contribution in [1.82, 2.24) is 9.62 Å². The van der Waals surface area contributed by atoms with Crippen molar-refractivity contribution in [3.8, 4) is 0 Å². The Bertz CT molecular complexity index is 740. The Morgan fingerprint density at radius 3 is 2.52 bits per heavy atom. The Labute approximate surface area is 149 Å². The molecule has 1 aromatic carbocycles. The van der Waals surface area contributed by atoms with E-state index in [4.69, 9.17) is 0 Å². The molecule has 25 heavy (non-hydrogen) atoms. The molecule has 142 valence electrons. The SMILES string of the molecule is COC(=O)c1ccc(S(=O)(=O)N2CCNC[C@@H]2C)cc1C(F)(F)F.Cl. The second kappa shape index (κ2) is 7.90. The van der Waals surface area contributed by atoms with Crippen LogP contribution in [0.2, 0.25) is 0 Å². The number of rotatable bonds is 3. The number of nitrogens with zero attached hydrogens (tertiary/aromatic N) is 1. The summed E-state index contributed by atoms with van der Waals surface area (Å²) in [6, 6.07) is 1.91. The van der Waals surface area contributed by atoms with Gasteiger partial charge in [0.25, 0.3) is 0 Å². The molecule has 1 N–H and O–H groups in total. The first-order chi connectivity index (χ1) is 11.1. The average molecular weight is 403 g/mol. The number of sulfonamides is 1. The molecule has 0 aliphatic carbocycles. The lowest BCUT2D eigenvalue weighted by Gasteiger charge is -2.33. The molecule has 0 amide bonds. The number of ether oxygens (including phenoxy) is 1. The van der Waals surface area contributed by atoms with Gasteiger partial charge in [0.15, 0.2) is 0 Å². The third-order valence-corrected chi connectivity index (χ3v) is 5.76. The molecule has 1 aliphatic rings. The molecule has 0 unspecified atom stereocenters. The molecular formula is C14H18ClF3N2O4S. The number of hydrogen-bond acceptors (Lipinski definition) is 5. The van der Waals surface area contributed by atoms with E-state index in [1.54, 1.807) is 6.92 Å². The predicted octanol–water partition coefficient (Wildman–Crippen LogP) is 1.90. The van der Waals surface area contributed by atoms with Crippen LogP contribution in [-0.4, -0.2) is 51.5 Å². The zero-order valence-corrected chi connectivity index (χ0v) is 15.1. The Hall–Kier alpha value is -1.36. The normalized spacial score (nSPS) is 19.2. The monoisotopic (exact) mass is 402 g/mol. The summed E-state index contributed by atoms with van der Waals surface area (Å²) >= 11 is 0. The van der Waals surface area contributed by atoms with Gasteiger partial charge in [0.05, 0.1) is 23.1 Å². The number of nitrogens with one attached hydrogen (secondary N) is 1. The van der Waals surface area contributed by atoms with Crippen molar-refractivity contribution in [2.75, 3.05) is 26.7 Å². The van der Waals surface area contributed by atoms with Crippen molar-refractivity contribution in [2.24, 2.45) is 0 Å². The number of carbonyl (C=O) groups excluding carboxylic acids is 1. The van der Waals surface area contributed by atoms with E-state index >= 15 is 0 Å². The highest BCUT2D eigenvalue weighted by Gasteiger charge is 2.38. The lowest BCUT2D eigenvalue weighted by Crippen LogP contribution is -2.52. The molecule has 0 spiro atoms. The first-order valence-corrected chi connectivity index (χ1v) is 8.55. The Morgan fingerprint density at radius 2 is 2.00 bits per heavy atom. The third kappa shape index (κ3) is 4.43. The summed E-state index contributed by atoms with van der Waals surface area (Å²) in [7, 11) is -3.15. The zero-order valence-electron chi connectivity index (χ0n) is 13.5. The number of benzene rings is 1. The lowest BCUT2D eigenvalue weighted by atomic mass is 10.1. The molecule has 1 aromatic rings. The summed E-state index contributed by atoms with van der Waals surface area (Å²) in [5.74, 6) is -1.18. The standard InChI is InChI=1S/C14H17F3N2O4S.ClH/c1-9-8-18-5-6-19(9)24(21,22)10-3-4-11(13(20)23-2)12(7-10)14(15,16)17;/h3-4,7,9,18H,5-6,8H2,1-2H3;1H/t9-;/m0./s1. The molecule has 1 aliphatic heterocycles. The molecule has 1 fully saturated rings. The van der Waals surface area contributed by atoms with Crippen molar-refractivity contribution >= 4 is 28.4 Å². The van der Waals surface area contributed by atoms with Crippen LogP contribution in [-0.2, 0) is 20.9 Å². The second-order valence-electron chi connectivity index (χ2n) is 5.37. The Kier molecular flexibility index (Phi) is 6.85. The van der Waals surface area contributed by atoms with Gasteiger partial charge in [-0.1, -0.05) is 0 Å². The summed E-state index contributed by atoms with van der Waals surface area (Å²) in [5, 5.41) is 3.01. The minimum atomic E-state index is -4.88. The van der Waals surface area contributed by atoms with Crippen LogP contribution in [0, 0.1) is 0 Å². The number of halogens is 4. The predicted molar refractivity (Wildman–Crippen MR) is 86.3 cm³/mol. The van der Waals surface area contributed by atoms with Crippen LogP contribution in [0.1, 0.15) is 22.8 Å². The van der Waals surface area contributed by atoms with Crippen LogP contribution in [0.25, 0.3) is 0 Å². The molecular weight excluding hydrogens is 385 g/mol. The van der Waals surface area contributed by atoms with Gasteiger partial charge >= 0.3 is 12.1 Å². The number of carbonyl (C=O) groups is 1. The zero-order chi connectivity index (χ0) is 18.1. The topological polar surface area (TPSA) is 75.7 Å². The minimum absolute atomic E-state index is 0. The van der Waals surface area contributed by atoms with Gasteiger partial charge in [0.2, 0.25) is 10.0 Å². The third-order valence-electron chi connectivity index (χ3n) is 3.75. The van der Waals surface area contributed by atoms with Crippen LogP contribution < -0.4 is 5.32 Å². The van der Waals surface area contributed by atoms with Gasteiger partial charge in [-0.25, -0.2) is 13.2 Å². The summed E-state index contributed by atoms with van der Waals surface area (Å²) in [4.78, 5) is 11.0. The number of alkyl halides is 3. The fourth-order valence-electron chi connectivity index (χ4n) is 2.52. The van der Waals surface area contributed by atoms with E-state index in [9.17, 15) is 26.4 Å².